The van der Waals surface area contributed by atoms with Gasteiger partial charge in [0.15, 0.2) is 0 Å². The van der Waals surface area contributed by atoms with E-state index in [4.69, 9.17) is 4.42 Å². The molecule has 0 aromatic carbocycles. The Balaban J connectivity index is 1.79. The molecular formula is C16H26N2O. The molecule has 3 heteroatoms. The van der Waals surface area contributed by atoms with Gasteiger partial charge in [-0.15, -0.1) is 0 Å². The summed E-state index contributed by atoms with van der Waals surface area (Å²) in [6.07, 6.45) is 5.93. The van der Waals surface area contributed by atoms with Gasteiger partial charge in [-0.05, 0) is 49.9 Å². The summed E-state index contributed by atoms with van der Waals surface area (Å²) in [6, 6.07) is 0.745. The number of nitrogens with one attached hydrogen (secondary N) is 1. The maximum Gasteiger partial charge on any atom is 0.211 e. The first kappa shape index (κ1) is 13.2. The van der Waals surface area contributed by atoms with Crippen molar-refractivity contribution in [3.05, 3.63) is 17.8 Å². The minimum atomic E-state index is 0.189. The van der Waals surface area contributed by atoms with E-state index in [-0.39, 0.29) is 6.04 Å². The van der Waals surface area contributed by atoms with E-state index in [9.17, 15) is 0 Å². The first-order valence-electron chi connectivity index (χ1n) is 7.51. The zero-order valence-corrected chi connectivity index (χ0v) is 12.8. The van der Waals surface area contributed by atoms with E-state index in [1.165, 1.54) is 19.3 Å². The lowest BCUT2D eigenvalue weighted by Crippen LogP contribution is -2.51. The second-order valence-electron chi connectivity index (χ2n) is 7.55. The second-order valence-corrected chi connectivity index (χ2v) is 7.55. The van der Waals surface area contributed by atoms with E-state index in [1.807, 2.05) is 6.92 Å². The van der Waals surface area contributed by atoms with Gasteiger partial charge < -0.3 is 9.73 Å². The van der Waals surface area contributed by atoms with Crippen LogP contribution in [0.25, 0.3) is 0 Å². The predicted octanol–water partition coefficient (Wildman–Crippen LogP) is 3.85. The Morgan fingerprint density at radius 3 is 2.68 bits per heavy atom. The number of fused-ring (bicyclic) bond motifs is 2. The molecule has 2 fully saturated rings. The number of oxazole rings is 1. The Labute approximate surface area is 116 Å². The molecule has 1 heterocycles. The highest BCUT2D eigenvalue weighted by Gasteiger charge is 2.59. The molecule has 4 unspecified atom stereocenters. The number of nitrogens with zero attached hydrogens (tertiary/aromatic N) is 1. The van der Waals surface area contributed by atoms with Gasteiger partial charge in [-0.2, -0.15) is 0 Å². The molecule has 106 valence electrons. The Morgan fingerprint density at radius 1 is 1.42 bits per heavy atom. The Bertz CT molecular complexity index is 474. The van der Waals surface area contributed by atoms with E-state index < -0.39 is 0 Å². The van der Waals surface area contributed by atoms with Crippen LogP contribution in [0.1, 0.15) is 64.7 Å². The molecule has 4 atom stereocenters. The Hall–Kier alpha value is -0.830. The monoisotopic (exact) mass is 262 g/mol. The molecule has 1 aromatic rings. The van der Waals surface area contributed by atoms with Gasteiger partial charge in [0.25, 0.3) is 0 Å². The smallest absolute Gasteiger partial charge is 0.211 e. The zero-order chi connectivity index (χ0) is 13.8. The summed E-state index contributed by atoms with van der Waals surface area (Å²) in [5.74, 6) is 2.58. The van der Waals surface area contributed by atoms with Crippen molar-refractivity contribution in [1.29, 1.82) is 0 Å². The van der Waals surface area contributed by atoms with Gasteiger partial charge in [0.2, 0.25) is 5.89 Å². The van der Waals surface area contributed by atoms with E-state index in [0.717, 1.165) is 17.6 Å². The van der Waals surface area contributed by atoms with E-state index in [0.29, 0.717) is 16.9 Å². The number of hydrogen-bond donors (Lipinski definition) is 1. The lowest BCUT2D eigenvalue weighted by atomic mass is 9.68. The zero-order valence-electron chi connectivity index (χ0n) is 12.8. The van der Waals surface area contributed by atoms with Crippen molar-refractivity contribution in [2.24, 2.45) is 16.7 Å². The minimum absolute atomic E-state index is 0.189. The first-order valence-corrected chi connectivity index (χ1v) is 7.51. The highest BCUT2D eigenvalue weighted by Crippen LogP contribution is 2.62. The molecule has 3 nitrogen and oxygen atoms in total. The quantitative estimate of drug-likeness (QED) is 0.899. The van der Waals surface area contributed by atoms with Crippen molar-refractivity contribution in [3.8, 4) is 0 Å². The molecule has 2 aliphatic carbocycles. The summed E-state index contributed by atoms with van der Waals surface area (Å²) in [7, 11) is 0. The van der Waals surface area contributed by atoms with Gasteiger partial charge in [-0.1, -0.05) is 20.8 Å². The SMILES string of the molecule is Cc1cnc(C(C)NC2C3(C)CCC(C3)C2(C)C)o1. The molecule has 2 saturated carbocycles. The third-order valence-electron chi connectivity index (χ3n) is 5.70. The van der Waals surface area contributed by atoms with E-state index >= 15 is 0 Å². The molecule has 1 aromatic heterocycles. The second kappa shape index (κ2) is 4.08. The third-order valence-corrected chi connectivity index (χ3v) is 5.70. The van der Waals surface area contributed by atoms with Crippen LogP contribution in [-0.2, 0) is 0 Å². The van der Waals surface area contributed by atoms with Crippen molar-refractivity contribution in [2.75, 3.05) is 0 Å². The van der Waals surface area contributed by atoms with Crippen molar-refractivity contribution >= 4 is 0 Å². The van der Waals surface area contributed by atoms with Crippen molar-refractivity contribution in [1.82, 2.24) is 10.3 Å². The summed E-state index contributed by atoms with van der Waals surface area (Å²) in [6.45, 7) is 11.4. The van der Waals surface area contributed by atoms with Crippen molar-refractivity contribution in [3.63, 3.8) is 0 Å². The molecule has 1 N–H and O–H groups in total. The fraction of sp³-hybridized carbons (Fsp3) is 0.812. The minimum Gasteiger partial charge on any atom is -0.444 e. The van der Waals surface area contributed by atoms with Gasteiger partial charge in [-0.3, -0.25) is 0 Å². The lowest BCUT2D eigenvalue weighted by Gasteiger charge is -2.44. The Morgan fingerprint density at radius 2 is 2.16 bits per heavy atom. The van der Waals surface area contributed by atoms with Crippen LogP contribution in [-0.4, -0.2) is 11.0 Å². The standard InChI is InChI=1S/C16H26N2O/c1-10-9-17-13(19-10)11(2)18-14-15(3,4)12-6-7-16(14,5)8-12/h9,11-12,14,18H,6-8H2,1-5H3. The molecule has 0 radical (unpaired) electrons. The van der Waals surface area contributed by atoms with Crippen LogP contribution < -0.4 is 5.32 Å². The molecule has 0 amide bonds. The molecule has 0 spiro atoms. The summed E-state index contributed by atoms with van der Waals surface area (Å²) in [4.78, 5) is 4.36. The van der Waals surface area contributed by atoms with Crippen LogP contribution in [0.5, 0.6) is 0 Å². The normalized spacial score (nSPS) is 37.7. The highest BCUT2D eigenvalue weighted by molar-refractivity contribution is 5.13. The molecule has 3 rings (SSSR count). The van der Waals surface area contributed by atoms with Crippen LogP contribution in [0.15, 0.2) is 10.6 Å². The van der Waals surface area contributed by atoms with Crippen molar-refractivity contribution < 1.29 is 4.42 Å². The van der Waals surface area contributed by atoms with Gasteiger partial charge in [0.1, 0.15) is 5.76 Å². The lowest BCUT2D eigenvalue weighted by molar-refractivity contribution is 0.0967. The van der Waals surface area contributed by atoms with Crippen molar-refractivity contribution in [2.45, 2.75) is 66.0 Å². The summed E-state index contributed by atoms with van der Waals surface area (Å²) in [5.41, 5.74) is 0.826. The van der Waals surface area contributed by atoms with Crippen LogP contribution in [0, 0.1) is 23.7 Å². The molecular weight excluding hydrogens is 236 g/mol. The number of hydrogen-bond acceptors (Lipinski definition) is 3. The van der Waals surface area contributed by atoms with E-state index in [1.54, 1.807) is 6.20 Å². The van der Waals surface area contributed by atoms with Gasteiger partial charge >= 0.3 is 0 Å². The first-order chi connectivity index (χ1) is 8.83. The summed E-state index contributed by atoms with van der Waals surface area (Å²) in [5, 5.41) is 3.81. The summed E-state index contributed by atoms with van der Waals surface area (Å²) >= 11 is 0. The van der Waals surface area contributed by atoms with Gasteiger partial charge in [-0.25, -0.2) is 4.98 Å². The largest absolute Gasteiger partial charge is 0.444 e. The highest BCUT2D eigenvalue weighted by atomic mass is 16.4. The van der Waals surface area contributed by atoms with E-state index in [2.05, 4.69) is 38.0 Å². The van der Waals surface area contributed by atoms with Crippen LogP contribution >= 0.6 is 0 Å². The van der Waals surface area contributed by atoms with Gasteiger partial charge in [0.05, 0.1) is 12.2 Å². The molecule has 0 aliphatic heterocycles. The number of aromatic nitrogens is 1. The predicted molar refractivity (Wildman–Crippen MR) is 75.8 cm³/mol. The maximum absolute atomic E-state index is 5.66. The fourth-order valence-corrected chi connectivity index (χ4v) is 4.61. The average molecular weight is 262 g/mol. The van der Waals surface area contributed by atoms with Crippen LogP contribution in [0.3, 0.4) is 0 Å². The van der Waals surface area contributed by atoms with Crippen LogP contribution in [0.2, 0.25) is 0 Å². The summed E-state index contributed by atoms with van der Waals surface area (Å²) < 4.78 is 5.66. The fourth-order valence-electron chi connectivity index (χ4n) is 4.61. The Kier molecular flexibility index (Phi) is 2.83. The van der Waals surface area contributed by atoms with Gasteiger partial charge in [0, 0.05) is 6.04 Å². The third kappa shape index (κ3) is 1.94. The maximum atomic E-state index is 5.66. The number of aryl methyl sites for hydroxylation is 1. The molecule has 0 saturated heterocycles. The number of rotatable bonds is 3. The average Bonchev–Trinajstić information content (AvgIpc) is 2.96. The molecule has 2 bridgehead atoms. The van der Waals surface area contributed by atoms with Crippen LogP contribution in [0.4, 0.5) is 0 Å². The molecule has 19 heavy (non-hydrogen) atoms. The topological polar surface area (TPSA) is 38.1 Å². The molecule has 2 aliphatic rings.